The van der Waals surface area contributed by atoms with Crippen LogP contribution < -0.4 is 0 Å². The number of aliphatic carboxylic acids is 4. The van der Waals surface area contributed by atoms with Gasteiger partial charge in [0.2, 0.25) is 0 Å². The summed E-state index contributed by atoms with van der Waals surface area (Å²) in [5.41, 5.74) is 0. The minimum atomic E-state index is -0.832. The van der Waals surface area contributed by atoms with Crippen molar-refractivity contribution >= 4 is 23.9 Å². The smallest absolute Gasteiger partial charge is 0.327 e. The predicted molar refractivity (Wildman–Crippen MR) is 385 cm³/mol. The van der Waals surface area contributed by atoms with Gasteiger partial charge in [-0.1, -0.05) is 412 Å². The fraction of sp³-hybridized carbons (Fsp3) is 0.850. The van der Waals surface area contributed by atoms with Crippen molar-refractivity contribution in [1.82, 2.24) is 0 Å². The third-order valence-electron chi connectivity index (χ3n) is 16.9. The fourth-order valence-corrected chi connectivity index (χ4v) is 11.3. The van der Waals surface area contributed by atoms with Crippen LogP contribution in [0.5, 0.6) is 0 Å². The van der Waals surface area contributed by atoms with Gasteiger partial charge in [-0.3, -0.25) is 0 Å². The number of rotatable bonds is 68. The van der Waals surface area contributed by atoms with Crippen LogP contribution in [0.1, 0.15) is 439 Å². The van der Waals surface area contributed by atoms with Gasteiger partial charge < -0.3 is 20.4 Å². The monoisotopic (exact) mass is 1340 g/mol. The molecule has 0 spiro atoms. The molecule has 0 radical (unpaired) electrons. The molecule has 9 heteroatoms. The zero-order chi connectivity index (χ0) is 65.2. The van der Waals surface area contributed by atoms with E-state index in [0.717, 1.165) is 51.4 Å². The Labute approximate surface area is 568 Å². The number of unbranched alkanes of at least 4 members (excludes halogenated alkanes) is 60. The van der Waals surface area contributed by atoms with E-state index in [4.69, 9.17) is 20.4 Å². The standard InChI is InChI=1S/4C20H38O2.Mo/c4*1-2-3-4-5-6-7-8-9-10-11-12-13-14-15-16-17-18-19-20(21)22;/h4*18-19H,2-17H2,1H3,(H,21,22);. The Morgan fingerprint density at radius 2 is 0.270 bits per heavy atom. The Balaban J connectivity index is -0.000000351. The summed E-state index contributed by atoms with van der Waals surface area (Å²) >= 11 is 0. The van der Waals surface area contributed by atoms with Crippen LogP contribution in [0.25, 0.3) is 0 Å². The molecule has 0 fully saturated rings. The summed E-state index contributed by atoms with van der Waals surface area (Å²) < 4.78 is 0. The maximum absolute atomic E-state index is 10.3. The molecule has 0 aliphatic heterocycles. The van der Waals surface area contributed by atoms with Crippen molar-refractivity contribution in [3.63, 3.8) is 0 Å². The Hall–Kier alpha value is -2.47. The molecule has 0 bridgehead atoms. The number of carboxylic acid groups (broad SMARTS) is 4. The van der Waals surface area contributed by atoms with E-state index in [2.05, 4.69) is 27.7 Å². The molecule has 0 saturated heterocycles. The third kappa shape index (κ3) is 110. The first-order valence-electron chi connectivity index (χ1n) is 38.7. The van der Waals surface area contributed by atoms with Crippen LogP contribution in [0.3, 0.4) is 0 Å². The molecular formula is C80H152MoO8. The molecule has 0 unspecified atom stereocenters. The summed E-state index contributed by atoms with van der Waals surface area (Å²) in [6.45, 7) is 9.10. The van der Waals surface area contributed by atoms with Gasteiger partial charge in [0.15, 0.2) is 0 Å². The summed E-state index contributed by atoms with van der Waals surface area (Å²) in [5.74, 6) is -3.33. The van der Waals surface area contributed by atoms with Crippen LogP contribution in [0.15, 0.2) is 48.6 Å². The molecule has 4 N–H and O–H groups in total. The molecule has 0 aromatic heterocycles. The van der Waals surface area contributed by atoms with Crippen molar-refractivity contribution in [2.75, 3.05) is 0 Å². The minimum absolute atomic E-state index is 0. The second-order valence-electron chi connectivity index (χ2n) is 25.9. The largest absolute Gasteiger partial charge is 0.478 e. The summed E-state index contributed by atoms with van der Waals surface area (Å²) in [7, 11) is 0. The number of carboxylic acids is 4. The van der Waals surface area contributed by atoms with Crippen LogP contribution in [-0.4, -0.2) is 44.3 Å². The van der Waals surface area contributed by atoms with Crippen molar-refractivity contribution in [3.05, 3.63) is 48.6 Å². The summed E-state index contributed by atoms with van der Waals surface area (Å²) in [5, 5.41) is 33.8. The molecule has 0 rings (SSSR count). The first-order valence-corrected chi connectivity index (χ1v) is 38.7. The SMILES string of the molecule is CCCCCCCCCCCCCCCCCC=CC(=O)O.CCCCCCCCCCCCCCCCCC=CC(=O)O.CCCCCCCCCCCCCCCCCC=CC(=O)O.CCCCCCCCCCCCCCCCCC=CC(=O)O.[Mo]. The molecule has 0 heterocycles. The number of hydrogen-bond acceptors (Lipinski definition) is 4. The quantitative estimate of drug-likeness (QED) is 0.0267. The van der Waals surface area contributed by atoms with Crippen molar-refractivity contribution in [2.45, 2.75) is 439 Å². The molecule has 0 aliphatic carbocycles. The number of carbonyl (C=O) groups is 4. The predicted octanol–water partition coefficient (Wildman–Crippen LogP) is 27.6. The molecule has 8 nitrogen and oxygen atoms in total. The van der Waals surface area contributed by atoms with E-state index in [1.807, 2.05) is 0 Å². The van der Waals surface area contributed by atoms with Gasteiger partial charge in [0.1, 0.15) is 0 Å². The fourth-order valence-electron chi connectivity index (χ4n) is 11.3. The van der Waals surface area contributed by atoms with Gasteiger partial charge >= 0.3 is 23.9 Å². The van der Waals surface area contributed by atoms with E-state index in [-0.39, 0.29) is 21.1 Å². The Morgan fingerprint density at radius 1 is 0.180 bits per heavy atom. The van der Waals surface area contributed by atoms with Gasteiger partial charge in [0.25, 0.3) is 0 Å². The van der Waals surface area contributed by atoms with E-state index < -0.39 is 23.9 Å². The van der Waals surface area contributed by atoms with Gasteiger partial charge in [-0.2, -0.15) is 0 Å². The normalized spacial score (nSPS) is 11.2. The zero-order valence-corrected chi connectivity index (χ0v) is 61.7. The van der Waals surface area contributed by atoms with Crippen LogP contribution in [-0.2, 0) is 40.2 Å². The van der Waals surface area contributed by atoms with Gasteiger partial charge in [0, 0.05) is 45.4 Å². The van der Waals surface area contributed by atoms with Gasteiger partial charge in [-0.15, -0.1) is 0 Å². The molecule has 0 aromatic carbocycles. The van der Waals surface area contributed by atoms with E-state index in [1.54, 1.807) is 24.3 Å². The molecule has 0 saturated carbocycles. The molecular weight excluding hydrogens is 1180 g/mol. The molecule has 89 heavy (non-hydrogen) atoms. The van der Waals surface area contributed by atoms with Crippen LogP contribution in [0.4, 0.5) is 0 Å². The van der Waals surface area contributed by atoms with Crippen LogP contribution in [0, 0.1) is 0 Å². The number of hydrogen-bond donors (Lipinski definition) is 4. The van der Waals surface area contributed by atoms with Gasteiger partial charge in [0.05, 0.1) is 0 Å². The molecule has 0 aromatic rings. The molecule has 0 amide bonds. The second kappa shape index (κ2) is 91.9. The van der Waals surface area contributed by atoms with Crippen molar-refractivity contribution < 1.29 is 60.7 Å². The molecule has 526 valence electrons. The minimum Gasteiger partial charge on any atom is -0.478 e. The second-order valence-corrected chi connectivity index (χ2v) is 25.9. The first-order chi connectivity index (χ1) is 43.1. The van der Waals surface area contributed by atoms with Crippen LogP contribution >= 0.6 is 0 Å². The summed E-state index contributed by atoms with van der Waals surface area (Å²) in [4.78, 5) is 41.1. The van der Waals surface area contributed by atoms with E-state index in [1.165, 1.54) is 384 Å². The maximum atomic E-state index is 10.3. The summed E-state index contributed by atoms with van der Waals surface area (Å²) in [6.07, 6.45) is 98.0. The van der Waals surface area contributed by atoms with E-state index >= 15 is 0 Å². The zero-order valence-electron chi connectivity index (χ0n) is 59.7. The van der Waals surface area contributed by atoms with Gasteiger partial charge in [-0.25, -0.2) is 19.2 Å². The third-order valence-corrected chi connectivity index (χ3v) is 16.9. The Bertz CT molecular complexity index is 1260. The van der Waals surface area contributed by atoms with E-state index in [9.17, 15) is 19.2 Å². The first kappa shape index (κ1) is 95.2. The number of allylic oxidation sites excluding steroid dienone is 4. The van der Waals surface area contributed by atoms with Crippen LogP contribution in [0.2, 0.25) is 0 Å². The van der Waals surface area contributed by atoms with Crippen molar-refractivity contribution in [3.8, 4) is 0 Å². The molecule has 0 atom stereocenters. The average molecular weight is 1340 g/mol. The van der Waals surface area contributed by atoms with Crippen molar-refractivity contribution in [2.24, 2.45) is 0 Å². The van der Waals surface area contributed by atoms with E-state index in [0.29, 0.717) is 0 Å². The maximum Gasteiger partial charge on any atom is 0.327 e. The Kier molecular flexibility index (Phi) is 98.4. The average Bonchev–Trinajstić information content (AvgIpc) is 3.50. The topological polar surface area (TPSA) is 149 Å². The molecule has 0 aliphatic rings. The van der Waals surface area contributed by atoms with Gasteiger partial charge in [-0.05, 0) is 51.4 Å². The van der Waals surface area contributed by atoms with Crippen molar-refractivity contribution in [1.29, 1.82) is 0 Å². The summed E-state index contributed by atoms with van der Waals surface area (Å²) in [6, 6.07) is 0. The Morgan fingerprint density at radius 3 is 0.360 bits per heavy atom.